The van der Waals surface area contributed by atoms with E-state index >= 15 is 0 Å². The minimum absolute atomic E-state index is 0. The number of hydrogen-bond donors (Lipinski definition) is 2. The second-order valence-electron chi connectivity index (χ2n) is 5.19. The molecule has 148 valence electrons. The van der Waals surface area contributed by atoms with Crippen LogP contribution in [0.15, 0.2) is 23.2 Å². The van der Waals surface area contributed by atoms with Crippen LogP contribution < -0.4 is 10.6 Å². The first-order chi connectivity index (χ1) is 11.8. The van der Waals surface area contributed by atoms with Gasteiger partial charge in [-0.15, -0.1) is 24.0 Å². The fourth-order valence-electron chi connectivity index (χ4n) is 2.07. The van der Waals surface area contributed by atoms with Gasteiger partial charge in [0.15, 0.2) is 5.96 Å². The number of unbranched alkanes of at least 4 members (excludes halogenated alkanes) is 1. The van der Waals surface area contributed by atoms with Gasteiger partial charge in [-0.2, -0.15) is 13.2 Å². The summed E-state index contributed by atoms with van der Waals surface area (Å²) in [6.45, 7) is 0.336. The van der Waals surface area contributed by atoms with Crippen LogP contribution in [0.4, 0.5) is 17.6 Å². The van der Waals surface area contributed by atoms with Gasteiger partial charge >= 0.3 is 12.1 Å². The summed E-state index contributed by atoms with van der Waals surface area (Å²) >= 11 is 0. The molecule has 0 saturated heterocycles. The lowest BCUT2D eigenvalue weighted by Gasteiger charge is -2.16. The number of hydrogen-bond acceptors (Lipinski definition) is 3. The third-order valence-corrected chi connectivity index (χ3v) is 3.37. The van der Waals surface area contributed by atoms with Crippen molar-refractivity contribution in [3.63, 3.8) is 0 Å². The first-order valence-corrected chi connectivity index (χ1v) is 7.65. The van der Waals surface area contributed by atoms with E-state index in [0.717, 1.165) is 12.1 Å². The summed E-state index contributed by atoms with van der Waals surface area (Å²) in [6.07, 6.45) is -3.05. The standard InChI is InChI=1S/C16H21F4N3O2.HI/c1-21-15(22-8-4-3-5-14(24)25-2)23-10-11-6-7-12(17)9-13(11)16(18,19)20;/h6-7,9H,3-5,8,10H2,1-2H3,(H2,21,22,23);1H. The Labute approximate surface area is 166 Å². The van der Waals surface area contributed by atoms with Crippen molar-refractivity contribution in [2.75, 3.05) is 20.7 Å². The third-order valence-electron chi connectivity index (χ3n) is 3.37. The molecule has 2 N–H and O–H groups in total. The molecule has 0 bridgehead atoms. The second kappa shape index (κ2) is 11.9. The van der Waals surface area contributed by atoms with Crippen LogP contribution in [0.1, 0.15) is 30.4 Å². The fourth-order valence-corrected chi connectivity index (χ4v) is 2.07. The summed E-state index contributed by atoms with van der Waals surface area (Å²) in [7, 11) is 2.80. The third kappa shape index (κ3) is 8.68. The first-order valence-electron chi connectivity index (χ1n) is 7.65. The summed E-state index contributed by atoms with van der Waals surface area (Å²) in [4.78, 5) is 14.9. The highest BCUT2D eigenvalue weighted by molar-refractivity contribution is 14.0. The van der Waals surface area contributed by atoms with Crippen molar-refractivity contribution >= 4 is 35.9 Å². The SMILES string of the molecule is CN=C(NCCCCC(=O)OC)NCc1ccc(F)cc1C(F)(F)F.I. The number of esters is 1. The van der Waals surface area contributed by atoms with Crippen molar-refractivity contribution in [1.82, 2.24) is 10.6 Å². The number of guanidine groups is 1. The maximum Gasteiger partial charge on any atom is 0.416 e. The van der Waals surface area contributed by atoms with Crippen molar-refractivity contribution in [2.45, 2.75) is 32.0 Å². The number of ether oxygens (including phenoxy) is 1. The Hall–Kier alpha value is -1.59. The molecule has 0 aliphatic rings. The minimum Gasteiger partial charge on any atom is -0.469 e. The number of nitrogens with zero attached hydrogens (tertiary/aromatic N) is 1. The first kappa shape index (κ1) is 24.4. The van der Waals surface area contributed by atoms with Crippen molar-refractivity contribution in [3.05, 3.63) is 35.1 Å². The topological polar surface area (TPSA) is 62.7 Å². The van der Waals surface area contributed by atoms with E-state index in [0.29, 0.717) is 37.8 Å². The average molecular weight is 491 g/mol. The molecular weight excluding hydrogens is 469 g/mol. The summed E-state index contributed by atoms with van der Waals surface area (Å²) in [6, 6.07) is 2.55. The Morgan fingerprint density at radius 1 is 1.23 bits per heavy atom. The highest BCUT2D eigenvalue weighted by atomic mass is 127. The predicted octanol–water partition coefficient (Wildman–Crippen LogP) is 3.47. The average Bonchev–Trinajstić information content (AvgIpc) is 2.57. The van der Waals surface area contributed by atoms with Gasteiger partial charge < -0.3 is 15.4 Å². The quantitative estimate of drug-likeness (QED) is 0.153. The number of aliphatic imine (C=N–C) groups is 1. The molecule has 5 nitrogen and oxygen atoms in total. The van der Waals surface area contributed by atoms with E-state index in [9.17, 15) is 22.4 Å². The molecule has 0 aliphatic carbocycles. The highest BCUT2D eigenvalue weighted by Gasteiger charge is 2.33. The van der Waals surface area contributed by atoms with E-state index in [1.54, 1.807) is 0 Å². The van der Waals surface area contributed by atoms with E-state index in [-0.39, 0.29) is 42.1 Å². The van der Waals surface area contributed by atoms with Gasteiger partial charge in [0.25, 0.3) is 0 Å². The summed E-state index contributed by atoms with van der Waals surface area (Å²) < 4.78 is 56.4. The van der Waals surface area contributed by atoms with Crippen LogP contribution in [0.25, 0.3) is 0 Å². The van der Waals surface area contributed by atoms with Crippen LogP contribution in [-0.4, -0.2) is 32.6 Å². The van der Waals surface area contributed by atoms with E-state index < -0.39 is 17.6 Å². The molecule has 0 amide bonds. The number of rotatable bonds is 7. The molecule has 0 aromatic heterocycles. The molecule has 1 aromatic rings. The smallest absolute Gasteiger partial charge is 0.416 e. The summed E-state index contributed by atoms with van der Waals surface area (Å²) in [5.41, 5.74) is -1.10. The molecular formula is C16H22F4IN3O2. The van der Waals surface area contributed by atoms with E-state index in [1.165, 1.54) is 14.2 Å². The van der Waals surface area contributed by atoms with Gasteiger partial charge in [0, 0.05) is 26.6 Å². The lowest BCUT2D eigenvalue weighted by atomic mass is 10.1. The lowest BCUT2D eigenvalue weighted by Crippen LogP contribution is -2.37. The lowest BCUT2D eigenvalue weighted by molar-refractivity contribution is -0.141. The molecule has 0 radical (unpaired) electrons. The Bertz CT molecular complexity index is 610. The Balaban J connectivity index is 0.00000625. The maximum absolute atomic E-state index is 13.1. The molecule has 10 heteroatoms. The fraction of sp³-hybridized carbons (Fsp3) is 0.500. The van der Waals surface area contributed by atoms with Gasteiger partial charge in [0.05, 0.1) is 12.7 Å². The van der Waals surface area contributed by atoms with Crippen LogP contribution in [0.3, 0.4) is 0 Å². The van der Waals surface area contributed by atoms with Crippen molar-refractivity contribution < 1.29 is 27.1 Å². The number of benzene rings is 1. The Morgan fingerprint density at radius 3 is 2.50 bits per heavy atom. The molecule has 0 spiro atoms. The van der Waals surface area contributed by atoms with E-state index in [4.69, 9.17) is 0 Å². The molecule has 0 fully saturated rings. The second-order valence-corrected chi connectivity index (χ2v) is 5.19. The molecule has 1 rings (SSSR count). The number of alkyl halides is 3. The van der Waals surface area contributed by atoms with Crippen LogP contribution in [0.2, 0.25) is 0 Å². The zero-order valence-corrected chi connectivity index (χ0v) is 16.8. The number of carbonyl (C=O) groups is 1. The van der Waals surface area contributed by atoms with Crippen molar-refractivity contribution in [2.24, 2.45) is 4.99 Å². The number of methoxy groups -OCH3 is 1. The highest BCUT2D eigenvalue weighted by Crippen LogP contribution is 2.32. The summed E-state index contributed by atoms with van der Waals surface area (Å²) in [5.74, 6) is -0.918. The van der Waals surface area contributed by atoms with Gasteiger partial charge in [-0.05, 0) is 30.5 Å². The van der Waals surface area contributed by atoms with Crippen LogP contribution >= 0.6 is 24.0 Å². The Kier molecular flexibility index (Phi) is 11.2. The van der Waals surface area contributed by atoms with Crippen LogP contribution in [-0.2, 0) is 22.3 Å². The van der Waals surface area contributed by atoms with E-state index in [1.807, 2.05) is 0 Å². The van der Waals surface area contributed by atoms with Crippen molar-refractivity contribution in [1.29, 1.82) is 0 Å². The number of halogens is 5. The van der Waals surface area contributed by atoms with Gasteiger partial charge in [-0.1, -0.05) is 6.07 Å². The van der Waals surface area contributed by atoms with Gasteiger partial charge in [-0.3, -0.25) is 9.79 Å². The molecule has 0 saturated carbocycles. The van der Waals surface area contributed by atoms with Gasteiger partial charge in [0.1, 0.15) is 5.82 Å². The summed E-state index contributed by atoms with van der Waals surface area (Å²) in [5, 5.41) is 5.69. The maximum atomic E-state index is 13.1. The molecule has 0 heterocycles. The van der Waals surface area contributed by atoms with Crippen LogP contribution in [0.5, 0.6) is 0 Å². The molecule has 0 unspecified atom stereocenters. The van der Waals surface area contributed by atoms with Gasteiger partial charge in [0.2, 0.25) is 0 Å². The van der Waals surface area contributed by atoms with Crippen LogP contribution in [0, 0.1) is 5.82 Å². The normalized spacial score (nSPS) is 11.5. The molecule has 1 aromatic carbocycles. The molecule has 26 heavy (non-hydrogen) atoms. The van der Waals surface area contributed by atoms with Gasteiger partial charge in [-0.25, -0.2) is 4.39 Å². The zero-order valence-electron chi connectivity index (χ0n) is 14.5. The largest absolute Gasteiger partial charge is 0.469 e. The van der Waals surface area contributed by atoms with Crippen molar-refractivity contribution in [3.8, 4) is 0 Å². The predicted molar refractivity (Wildman–Crippen MR) is 101 cm³/mol. The molecule has 0 atom stereocenters. The number of nitrogens with one attached hydrogen (secondary N) is 2. The monoisotopic (exact) mass is 491 g/mol. The number of carbonyl (C=O) groups excluding carboxylic acids is 1. The minimum atomic E-state index is -4.63. The Morgan fingerprint density at radius 2 is 1.92 bits per heavy atom. The zero-order chi connectivity index (χ0) is 18.9. The van der Waals surface area contributed by atoms with E-state index in [2.05, 4.69) is 20.4 Å². The molecule has 0 aliphatic heterocycles.